The number of methoxy groups -OCH3 is 1. The van der Waals surface area contributed by atoms with E-state index < -0.39 is 5.82 Å². The molecule has 1 atom stereocenters. The molecule has 0 radical (unpaired) electrons. The van der Waals surface area contributed by atoms with E-state index in [2.05, 4.69) is 11.0 Å². The van der Waals surface area contributed by atoms with Crippen LogP contribution in [0.4, 0.5) is 4.39 Å². The van der Waals surface area contributed by atoms with Gasteiger partial charge in [-0.15, -0.1) is 0 Å². The van der Waals surface area contributed by atoms with E-state index in [1.54, 1.807) is 19.2 Å². The Morgan fingerprint density at radius 2 is 2.04 bits per heavy atom. The van der Waals surface area contributed by atoms with Crippen LogP contribution in [-0.4, -0.2) is 48.5 Å². The van der Waals surface area contributed by atoms with Gasteiger partial charge in [-0.2, -0.15) is 0 Å². The zero-order valence-electron chi connectivity index (χ0n) is 15.6. The number of halogens is 2. The third-order valence-electron chi connectivity index (χ3n) is 4.96. The second-order valence-electron chi connectivity index (χ2n) is 6.90. The second kappa shape index (κ2) is 8.72. The average molecular weight is 391 g/mol. The molecule has 6 heteroatoms. The van der Waals surface area contributed by atoms with E-state index in [9.17, 15) is 9.18 Å². The standard InChI is InChI=1S/C21H24ClFN2O2/c1-15-13-24(14-16-5-3-6-17(11-16)27-2)9-10-25(15)21(26)12-18-19(22)7-4-8-20(18)23/h3-8,11,15H,9-10,12-14H2,1-2H3/t15-/m0/s1. The number of hydrogen-bond acceptors (Lipinski definition) is 3. The quantitative estimate of drug-likeness (QED) is 0.779. The van der Waals surface area contributed by atoms with E-state index in [0.717, 1.165) is 25.4 Å². The number of piperazine rings is 1. The number of hydrogen-bond donors (Lipinski definition) is 0. The van der Waals surface area contributed by atoms with Gasteiger partial charge in [-0.1, -0.05) is 29.8 Å². The molecule has 0 saturated carbocycles. The summed E-state index contributed by atoms with van der Waals surface area (Å²) in [7, 11) is 1.66. The lowest BCUT2D eigenvalue weighted by atomic mass is 10.1. The Bertz CT molecular complexity index is 794. The molecule has 1 fully saturated rings. The topological polar surface area (TPSA) is 32.8 Å². The van der Waals surface area contributed by atoms with Crippen LogP contribution < -0.4 is 4.74 Å². The Morgan fingerprint density at radius 3 is 2.74 bits per heavy atom. The van der Waals surface area contributed by atoms with Gasteiger partial charge in [0, 0.05) is 42.8 Å². The first-order valence-corrected chi connectivity index (χ1v) is 9.43. The molecular weight excluding hydrogens is 367 g/mol. The minimum Gasteiger partial charge on any atom is -0.497 e. The monoisotopic (exact) mass is 390 g/mol. The fraction of sp³-hybridized carbons (Fsp3) is 0.381. The summed E-state index contributed by atoms with van der Waals surface area (Å²) in [4.78, 5) is 16.8. The number of benzene rings is 2. The molecular formula is C21H24ClFN2O2. The summed E-state index contributed by atoms with van der Waals surface area (Å²) in [6.45, 7) is 5.00. The number of carbonyl (C=O) groups is 1. The first kappa shape index (κ1) is 19.6. The first-order chi connectivity index (χ1) is 13.0. The molecule has 0 spiro atoms. The molecule has 0 aliphatic carbocycles. The molecule has 1 aliphatic rings. The highest BCUT2D eigenvalue weighted by Crippen LogP contribution is 2.22. The normalized spacial score (nSPS) is 17.8. The van der Waals surface area contributed by atoms with Gasteiger partial charge in [0.2, 0.25) is 5.91 Å². The van der Waals surface area contributed by atoms with Crippen molar-refractivity contribution in [2.24, 2.45) is 0 Å². The van der Waals surface area contributed by atoms with Crippen LogP contribution in [0, 0.1) is 5.82 Å². The molecule has 1 heterocycles. The number of carbonyl (C=O) groups excluding carboxylic acids is 1. The fourth-order valence-electron chi connectivity index (χ4n) is 3.53. The van der Waals surface area contributed by atoms with Crippen molar-refractivity contribution < 1.29 is 13.9 Å². The maximum absolute atomic E-state index is 14.0. The maximum Gasteiger partial charge on any atom is 0.227 e. The smallest absolute Gasteiger partial charge is 0.227 e. The summed E-state index contributed by atoms with van der Waals surface area (Å²) in [5, 5.41) is 0.299. The van der Waals surface area contributed by atoms with Gasteiger partial charge in [0.1, 0.15) is 11.6 Å². The van der Waals surface area contributed by atoms with Crippen LogP contribution in [0.2, 0.25) is 5.02 Å². The number of rotatable bonds is 5. The summed E-state index contributed by atoms with van der Waals surface area (Å²) in [5.41, 5.74) is 1.45. The molecule has 27 heavy (non-hydrogen) atoms. The second-order valence-corrected chi connectivity index (χ2v) is 7.31. The Morgan fingerprint density at radius 1 is 1.26 bits per heavy atom. The Hall–Kier alpha value is -2.11. The Balaban J connectivity index is 1.60. The fourth-order valence-corrected chi connectivity index (χ4v) is 3.76. The van der Waals surface area contributed by atoms with Crippen LogP contribution in [0.15, 0.2) is 42.5 Å². The summed E-state index contributed by atoms with van der Waals surface area (Å²) in [5.74, 6) is 0.326. The Kier molecular flexibility index (Phi) is 6.34. The van der Waals surface area contributed by atoms with Crippen molar-refractivity contribution in [3.8, 4) is 5.75 Å². The van der Waals surface area contributed by atoms with Gasteiger partial charge >= 0.3 is 0 Å². The van der Waals surface area contributed by atoms with E-state index in [-0.39, 0.29) is 23.9 Å². The van der Waals surface area contributed by atoms with Crippen LogP contribution in [0.3, 0.4) is 0 Å². The molecule has 2 aromatic rings. The Labute approximate surface area is 164 Å². The van der Waals surface area contributed by atoms with Gasteiger partial charge < -0.3 is 9.64 Å². The zero-order valence-corrected chi connectivity index (χ0v) is 16.4. The molecule has 3 rings (SSSR count). The molecule has 0 unspecified atom stereocenters. The summed E-state index contributed by atoms with van der Waals surface area (Å²) in [6, 6.07) is 12.6. The molecule has 1 saturated heterocycles. The van der Waals surface area contributed by atoms with E-state index in [4.69, 9.17) is 16.3 Å². The minimum absolute atomic E-state index is 0.00820. The van der Waals surface area contributed by atoms with Crippen LogP contribution in [0.5, 0.6) is 5.75 Å². The highest BCUT2D eigenvalue weighted by Gasteiger charge is 2.28. The first-order valence-electron chi connectivity index (χ1n) is 9.05. The molecule has 1 amide bonds. The lowest BCUT2D eigenvalue weighted by Crippen LogP contribution is -2.54. The molecule has 0 aromatic heterocycles. The van der Waals surface area contributed by atoms with Gasteiger partial charge in [-0.3, -0.25) is 9.69 Å². The minimum atomic E-state index is -0.430. The molecule has 0 bridgehead atoms. The predicted molar refractivity (Wildman–Crippen MR) is 105 cm³/mol. The van der Waals surface area contributed by atoms with E-state index in [1.165, 1.54) is 11.6 Å². The number of nitrogens with zero attached hydrogens (tertiary/aromatic N) is 2. The van der Waals surface area contributed by atoms with Gasteiger partial charge in [0.25, 0.3) is 0 Å². The van der Waals surface area contributed by atoms with E-state index >= 15 is 0 Å². The third kappa shape index (κ3) is 4.79. The average Bonchev–Trinajstić information content (AvgIpc) is 2.65. The summed E-state index contributed by atoms with van der Waals surface area (Å²) < 4.78 is 19.2. The van der Waals surface area contributed by atoms with Gasteiger partial charge in [-0.05, 0) is 36.8 Å². The summed E-state index contributed by atoms with van der Waals surface area (Å²) in [6.07, 6.45) is -0.00820. The van der Waals surface area contributed by atoms with Crippen molar-refractivity contribution in [1.29, 1.82) is 0 Å². The largest absolute Gasteiger partial charge is 0.497 e. The molecule has 2 aromatic carbocycles. The van der Waals surface area contributed by atoms with Crippen molar-refractivity contribution >= 4 is 17.5 Å². The number of amides is 1. The maximum atomic E-state index is 14.0. The van der Waals surface area contributed by atoms with Crippen molar-refractivity contribution in [2.75, 3.05) is 26.7 Å². The lowest BCUT2D eigenvalue weighted by molar-refractivity contribution is -0.135. The zero-order chi connectivity index (χ0) is 19.4. The van der Waals surface area contributed by atoms with Crippen molar-refractivity contribution in [1.82, 2.24) is 9.80 Å². The van der Waals surface area contributed by atoms with Crippen LogP contribution in [0.1, 0.15) is 18.1 Å². The highest BCUT2D eigenvalue weighted by molar-refractivity contribution is 6.31. The molecule has 144 valence electrons. The lowest BCUT2D eigenvalue weighted by Gasteiger charge is -2.40. The van der Waals surface area contributed by atoms with Crippen LogP contribution in [-0.2, 0) is 17.8 Å². The van der Waals surface area contributed by atoms with Crippen molar-refractivity contribution in [3.05, 3.63) is 64.4 Å². The summed E-state index contributed by atoms with van der Waals surface area (Å²) >= 11 is 6.06. The predicted octanol–water partition coefficient (Wildman–Crippen LogP) is 3.76. The highest BCUT2D eigenvalue weighted by atomic mass is 35.5. The molecule has 0 N–H and O–H groups in total. The van der Waals surface area contributed by atoms with Crippen molar-refractivity contribution in [3.63, 3.8) is 0 Å². The number of ether oxygens (including phenoxy) is 1. The van der Waals surface area contributed by atoms with Gasteiger partial charge in [-0.25, -0.2) is 4.39 Å². The molecule has 1 aliphatic heterocycles. The van der Waals surface area contributed by atoms with E-state index in [1.807, 2.05) is 30.0 Å². The van der Waals surface area contributed by atoms with E-state index in [0.29, 0.717) is 11.6 Å². The SMILES string of the molecule is COc1cccc(CN2CCN(C(=O)Cc3c(F)cccc3Cl)[C@@H](C)C2)c1. The van der Waals surface area contributed by atoms with Crippen LogP contribution >= 0.6 is 11.6 Å². The molecule has 4 nitrogen and oxygen atoms in total. The van der Waals surface area contributed by atoms with Gasteiger partial charge in [0.15, 0.2) is 0 Å². The van der Waals surface area contributed by atoms with Gasteiger partial charge in [0.05, 0.1) is 13.5 Å². The van der Waals surface area contributed by atoms with Crippen molar-refractivity contribution in [2.45, 2.75) is 25.9 Å². The third-order valence-corrected chi connectivity index (χ3v) is 5.32. The van der Waals surface area contributed by atoms with Crippen LogP contribution in [0.25, 0.3) is 0 Å².